The summed E-state index contributed by atoms with van der Waals surface area (Å²) in [6.45, 7) is -1.04. The van der Waals surface area contributed by atoms with Gasteiger partial charge in [0.25, 0.3) is 6.43 Å². The molecular formula is C9H12F2N2O4S2. The van der Waals surface area contributed by atoms with Crippen molar-refractivity contribution in [2.24, 2.45) is 5.14 Å². The molecule has 0 aliphatic heterocycles. The molecule has 10 heteroatoms. The molecule has 0 spiro atoms. The fraction of sp³-hybridized carbons (Fsp3) is 0.333. The van der Waals surface area contributed by atoms with Crippen LogP contribution in [0.15, 0.2) is 34.1 Å². The summed E-state index contributed by atoms with van der Waals surface area (Å²) < 4.78 is 71.4. The molecule has 0 amide bonds. The highest BCUT2D eigenvalue weighted by Gasteiger charge is 2.29. The van der Waals surface area contributed by atoms with Gasteiger partial charge in [0.2, 0.25) is 20.0 Å². The normalized spacial score (nSPS) is 13.2. The van der Waals surface area contributed by atoms with Crippen molar-refractivity contribution in [3.8, 4) is 0 Å². The molecule has 0 heterocycles. The van der Waals surface area contributed by atoms with E-state index in [1.54, 1.807) is 0 Å². The van der Waals surface area contributed by atoms with E-state index < -0.39 is 42.8 Å². The largest absolute Gasteiger partial charge is 0.252 e. The summed E-state index contributed by atoms with van der Waals surface area (Å²) >= 11 is 0. The zero-order chi connectivity index (χ0) is 14.8. The molecule has 6 nitrogen and oxygen atoms in total. The first kappa shape index (κ1) is 16.0. The summed E-state index contributed by atoms with van der Waals surface area (Å²) in [6, 6.07) is 4.55. The molecule has 0 aromatic heterocycles. The van der Waals surface area contributed by atoms with Gasteiger partial charge in [0, 0.05) is 7.05 Å². The molecule has 108 valence electrons. The van der Waals surface area contributed by atoms with Crippen molar-refractivity contribution in [2.75, 3.05) is 13.6 Å². The Labute approximate surface area is 109 Å². The summed E-state index contributed by atoms with van der Waals surface area (Å²) in [5, 5.41) is 4.90. The SMILES string of the molecule is CN(CC(F)F)S(=O)(=O)c1ccccc1S(N)(=O)=O. The Morgan fingerprint density at radius 3 is 2.05 bits per heavy atom. The van der Waals surface area contributed by atoms with Crippen molar-refractivity contribution in [2.45, 2.75) is 16.2 Å². The third-order valence-corrected chi connectivity index (χ3v) is 5.22. The van der Waals surface area contributed by atoms with Gasteiger partial charge in [-0.15, -0.1) is 0 Å². The van der Waals surface area contributed by atoms with Crippen molar-refractivity contribution < 1.29 is 25.6 Å². The monoisotopic (exact) mass is 314 g/mol. The van der Waals surface area contributed by atoms with Crippen LogP contribution in [0.2, 0.25) is 0 Å². The fourth-order valence-corrected chi connectivity index (χ4v) is 3.86. The van der Waals surface area contributed by atoms with Gasteiger partial charge in [0.1, 0.15) is 9.79 Å². The van der Waals surface area contributed by atoms with E-state index >= 15 is 0 Å². The molecule has 0 fully saturated rings. The fourth-order valence-electron chi connectivity index (χ4n) is 1.36. The molecule has 1 aromatic carbocycles. The van der Waals surface area contributed by atoms with Gasteiger partial charge < -0.3 is 0 Å². The van der Waals surface area contributed by atoms with E-state index in [9.17, 15) is 25.6 Å². The summed E-state index contributed by atoms with van der Waals surface area (Å²) in [7, 11) is -7.69. The van der Waals surface area contributed by atoms with Crippen LogP contribution < -0.4 is 5.14 Å². The summed E-state index contributed by atoms with van der Waals surface area (Å²) in [6.07, 6.45) is -2.87. The van der Waals surface area contributed by atoms with Gasteiger partial charge in [-0.3, -0.25) is 0 Å². The number of hydrogen-bond acceptors (Lipinski definition) is 4. The minimum atomic E-state index is -4.35. The van der Waals surface area contributed by atoms with E-state index in [-0.39, 0.29) is 0 Å². The van der Waals surface area contributed by atoms with Crippen LogP contribution in [0.25, 0.3) is 0 Å². The standard InChI is InChI=1S/C9H12F2N2O4S2/c1-13(6-9(10)11)19(16,17)8-5-3-2-4-7(8)18(12,14)15/h2-5,9H,6H2,1H3,(H2,12,14,15). The maximum absolute atomic E-state index is 12.2. The Morgan fingerprint density at radius 1 is 1.16 bits per heavy atom. The van der Waals surface area contributed by atoms with Crippen molar-refractivity contribution in [3.05, 3.63) is 24.3 Å². The van der Waals surface area contributed by atoms with Gasteiger partial charge in [0.15, 0.2) is 0 Å². The maximum Gasteiger partial charge on any atom is 0.252 e. The summed E-state index contributed by atoms with van der Waals surface area (Å²) in [5.74, 6) is 0. The topological polar surface area (TPSA) is 97.5 Å². The van der Waals surface area contributed by atoms with Crippen LogP contribution in [0.3, 0.4) is 0 Å². The predicted octanol–water partition coefficient (Wildman–Crippen LogP) is 0.220. The molecule has 0 unspecified atom stereocenters. The van der Waals surface area contributed by atoms with Crippen LogP contribution in [0.4, 0.5) is 8.78 Å². The van der Waals surface area contributed by atoms with E-state index in [4.69, 9.17) is 5.14 Å². The van der Waals surface area contributed by atoms with Crippen LogP contribution in [-0.4, -0.2) is 41.2 Å². The first-order valence-corrected chi connectivity index (χ1v) is 7.92. The molecule has 0 bridgehead atoms. The van der Waals surface area contributed by atoms with E-state index in [2.05, 4.69) is 0 Å². The molecule has 0 radical (unpaired) electrons. The number of nitrogens with zero attached hydrogens (tertiary/aromatic N) is 1. The minimum Gasteiger partial charge on any atom is -0.225 e. The highest BCUT2D eigenvalue weighted by atomic mass is 32.2. The zero-order valence-electron chi connectivity index (χ0n) is 9.82. The highest BCUT2D eigenvalue weighted by molar-refractivity contribution is 7.92. The van der Waals surface area contributed by atoms with E-state index in [0.29, 0.717) is 4.31 Å². The number of alkyl halides is 2. The molecule has 0 aliphatic rings. The smallest absolute Gasteiger partial charge is 0.225 e. The minimum absolute atomic E-state index is 0.377. The Balaban J connectivity index is 3.38. The molecule has 1 rings (SSSR count). The maximum atomic E-state index is 12.2. The van der Waals surface area contributed by atoms with Crippen molar-refractivity contribution in [3.63, 3.8) is 0 Å². The van der Waals surface area contributed by atoms with E-state index in [1.807, 2.05) is 0 Å². The number of rotatable bonds is 5. The predicted molar refractivity (Wildman–Crippen MR) is 63.6 cm³/mol. The van der Waals surface area contributed by atoms with Crippen LogP contribution in [0.1, 0.15) is 0 Å². The lowest BCUT2D eigenvalue weighted by Crippen LogP contribution is -2.32. The number of sulfonamides is 2. The molecule has 0 saturated carbocycles. The lowest BCUT2D eigenvalue weighted by molar-refractivity contribution is 0.126. The average molecular weight is 314 g/mol. The van der Waals surface area contributed by atoms with Gasteiger partial charge >= 0.3 is 0 Å². The van der Waals surface area contributed by atoms with Gasteiger partial charge in [-0.25, -0.2) is 30.8 Å². The van der Waals surface area contributed by atoms with Gasteiger partial charge in [-0.1, -0.05) is 12.1 Å². The van der Waals surface area contributed by atoms with Gasteiger partial charge in [0.05, 0.1) is 6.54 Å². The average Bonchev–Trinajstić information content (AvgIpc) is 2.27. The van der Waals surface area contributed by atoms with E-state index in [1.165, 1.54) is 12.1 Å². The second-order valence-corrected chi connectivity index (χ2v) is 7.21. The molecule has 0 saturated heterocycles. The summed E-state index contributed by atoms with van der Waals surface area (Å²) in [4.78, 5) is -1.25. The quantitative estimate of drug-likeness (QED) is 0.840. The first-order chi connectivity index (χ1) is 8.56. The van der Waals surface area contributed by atoms with Crippen LogP contribution in [0.5, 0.6) is 0 Å². The number of nitrogens with two attached hydrogens (primary N) is 1. The zero-order valence-corrected chi connectivity index (χ0v) is 11.5. The number of benzene rings is 1. The highest BCUT2D eigenvalue weighted by Crippen LogP contribution is 2.22. The Hall–Kier alpha value is -1.10. The molecule has 0 atom stereocenters. The number of hydrogen-bond donors (Lipinski definition) is 1. The third-order valence-electron chi connectivity index (χ3n) is 2.24. The van der Waals surface area contributed by atoms with Gasteiger partial charge in [-0.05, 0) is 12.1 Å². The molecule has 1 aromatic rings. The van der Waals surface area contributed by atoms with Crippen LogP contribution >= 0.6 is 0 Å². The van der Waals surface area contributed by atoms with Crippen molar-refractivity contribution in [1.29, 1.82) is 0 Å². The van der Waals surface area contributed by atoms with Crippen LogP contribution in [0, 0.1) is 0 Å². The second kappa shape index (κ2) is 5.49. The lowest BCUT2D eigenvalue weighted by Gasteiger charge is -2.18. The summed E-state index contributed by atoms with van der Waals surface area (Å²) in [5.41, 5.74) is 0. The first-order valence-electron chi connectivity index (χ1n) is 4.93. The second-order valence-electron chi connectivity index (χ2n) is 3.67. The molecule has 0 aliphatic carbocycles. The number of halogens is 2. The third kappa shape index (κ3) is 3.69. The molecular weight excluding hydrogens is 302 g/mol. The Morgan fingerprint density at radius 2 is 1.63 bits per heavy atom. The van der Waals surface area contributed by atoms with Crippen molar-refractivity contribution >= 4 is 20.0 Å². The van der Waals surface area contributed by atoms with E-state index in [0.717, 1.165) is 19.2 Å². The molecule has 19 heavy (non-hydrogen) atoms. The lowest BCUT2D eigenvalue weighted by atomic mass is 10.4. The Kier molecular flexibility index (Phi) is 4.61. The Bertz CT molecular complexity index is 659. The van der Waals surface area contributed by atoms with Gasteiger partial charge in [-0.2, -0.15) is 4.31 Å². The molecule has 2 N–H and O–H groups in total. The van der Waals surface area contributed by atoms with Crippen molar-refractivity contribution in [1.82, 2.24) is 4.31 Å². The number of primary sulfonamides is 1. The van der Waals surface area contributed by atoms with Crippen LogP contribution in [-0.2, 0) is 20.0 Å².